The highest BCUT2D eigenvalue weighted by Crippen LogP contribution is 2.31. The van der Waals surface area contributed by atoms with Crippen LogP contribution in [0, 0.1) is 0 Å². The van der Waals surface area contributed by atoms with Gasteiger partial charge in [-0.05, 0) is 31.5 Å². The molecule has 94 valence electrons. The Morgan fingerprint density at radius 1 is 1.53 bits per heavy atom. The zero-order valence-electron chi connectivity index (χ0n) is 9.07. The van der Waals surface area contributed by atoms with Gasteiger partial charge in [0.15, 0.2) is 5.75 Å². The maximum Gasteiger partial charge on any atom is 0.241 e. The predicted molar refractivity (Wildman–Crippen MR) is 70.0 cm³/mol. The van der Waals surface area contributed by atoms with Crippen molar-refractivity contribution in [2.24, 2.45) is 0 Å². The molecular weight excluding hydrogens is 263 g/mol. The number of benzene rings is 1. The number of anilines is 1. The molecule has 1 aliphatic rings. The Morgan fingerprint density at radius 3 is 2.94 bits per heavy atom. The molecule has 2 rings (SSSR count). The normalized spacial score (nSPS) is 18.5. The lowest BCUT2D eigenvalue weighted by molar-refractivity contribution is -0.117. The van der Waals surface area contributed by atoms with Crippen molar-refractivity contribution in [3.8, 4) is 5.75 Å². The summed E-state index contributed by atoms with van der Waals surface area (Å²) < 4.78 is 0. The standard InChI is InChI=1S/C11H13ClN2O2.ClH/c12-7-3-1-4-8(10(7)15)14-11(16)9-5-2-6-13-9;/h1,3-4,9,13,15H,2,5-6H2,(H,14,16);1H. The van der Waals surface area contributed by atoms with Crippen LogP contribution in [-0.4, -0.2) is 23.6 Å². The van der Waals surface area contributed by atoms with Gasteiger partial charge in [0.1, 0.15) is 0 Å². The zero-order chi connectivity index (χ0) is 11.5. The SMILES string of the molecule is Cl.O=C(Nc1cccc(Cl)c1O)C1CCCN1. The molecule has 0 spiro atoms. The number of carbonyl (C=O) groups excluding carboxylic acids is 1. The molecule has 1 unspecified atom stereocenters. The van der Waals surface area contributed by atoms with Gasteiger partial charge < -0.3 is 15.7 Å². The lowest BCUT2D eigenvalue weighted by Crippen LogP contribution is -2.35. The summed E-state index contributed by atoms with van der Waals surface area (Å²) in [4.78, 5) is 11.8. The molecule has 0 saturated carbocycles. The number of nitrogens with one attached hydrogen (secondary N) is 2. The first-order valence-corrected chi connectivity index (χ1v) is 5.58. The summed E-state index contributed by atoms with van der Waals surface area (Å²) in [6.07, 6.45) is 1.83. The second-order valence-electron chi connectivity index (χ2n) is 3.77. The summed E-state index contributed by atoms with van der Waals surface area (Å²) in [5, 5.41) is 15.6. The van der Waals surface area contributed by atoms with Crippen molar-refractivity contribution in [2.75, 3.05) is 11.9 Å². The van der Waals surface area contributed by atoms with Gasteiger partial charge in [-0.2, -0.15) is 0 Å². The molecule has 6 heteroatoms. The van der Waals surface area contributed by atoms with Gasteiger partial charge in [-0.1, -0.05) is 17.7 Å². The molecule has 4 nitrogen and oxygen atoms in total. The number of amides is 1. The quantitative estimate of drug-likeness (QED) is 0.726. The Bertz CT molecular complexity index is 406. The Hall–Kier alpha value is -0.970. The second-order valence-corrected chi connectivity index (χ2v) is 4.18. The fraction of sp³-hybridized carbons (Fsp3) is 0.364. The van der Waals surface area contributed by atoms with Crippen LogP contribution in [0.15, 0.2) is 18.2 Å². The summed E-state index contributed by atoms with van der Waals surface area (Å²) in [6.45, 7) is 0.861. The van der Waals surface area contributed by atoms with Crippen LogP contribution < -0.4 is 10.6 Å². The minimum Gasteiger partial charge on any atom is -0.504 e. The summed E-state index contributed by atoms with van der Waals surface area (Å²) in [5.74, 6) is -0.217. The van der Waals surface area contributed by atoms with E-state index in [0.717, 1.165) is 19.4 Å². The number of rotatable bonds is 2. The van der Waals surface area contributed by atoms with E-state index < -0.39 is 0 Å². The van der Waals surface area contributed by atoms with Crippen LogP contribution in [0.5, 0.6) is 5.75 Å². The number of phenolic OH excluding ortho intramolecular Hbond substituents is 1. The number of hydrogen-bond acceptors (Lipinski definition) is 3. The van der Waals surface area contributed by atoms with Gasteiger partial charge in [0, 0.05) is 0 Å². The van der Waals surface area contributed by atoms with Gasteiger partial charge in [-0.25, -0.2) is 0 Å². The molecule has 1 saturated heterocycles. The van der Waals surface area contributed by atoms with Crippen molar-refractivity contribution in [1.29, 1.82) is 0 Å². The van der Waals surface area contributed by atoms with Crippen LogP contribution >= 0.6 is 24.0 Å². The van der Waals surface area contributed by atoms with Gasteiger partial charge in [0.05, 0.1) is 16.8 Å². The molecule has 1 aromatic rings. The Labute approximate surface area is 111 Å². The second kappa shape index (κ2) is 6.10. The fourth-order valence-corrected chi connectivity index (χ4v) is 1.92. The van der Waals surface area contributed by atoms with Gasteiger partial charge in [-0.3, -0.25) is 4.79 Å². The van der Waals surface area contributed by atoms with E-state index in [1.807, 2.05) is 0 Å². The maximum atomic E-state index is 11.8. The first kappa shape index (κ1) is 14.1. The molecule has 1 amide bonds. The third-order valence-corrected chi connectivity index (χ3v) is 2.93. The average molecular weight is 277 g/mol. The third kappa shape index (κ3) is 3.25. The van der Waals surface area contributed by atoms with Crippen LogP contribution in [0.1, 0.15) is 12.8 Å². The highest BCUT2D eigenvalue weighted by Gasteiger charge is 2.22. The Morgan fingerprint density at radius 2 is 2.29 bits per heavy atom. The van der Waals surface area contributed by atoms with Crippen LogP contribution in [0.25, 0.3) is 0 Å². The minimum atomic E-state index is -0.168. The number of phenols is 1. The van der Waals surface area contributed by atoms with E-state index in [1.54, 1.807) is 18.2 Å². The monoisotopic (exact) mass is 276 g/mol. The Balaban J connectivity index is 0.00000144. The number of hydrogen-bond donors (Lipinski definition) is 3. The van der Waals surface area contributed by atoms with E-state index >= 15 is 0 Å². The van der Waals surface area contributed by atoms with E-state index in [-0.39, 0.29) is 35.1 Å². The molecule has 0 aromatic heterocycles. The summed E-state index contributed by atoms with van der Waals surface area (Å²) in [7, 11) is 0. The summed E-state index contributed by atoms with van der Waals surface area (Å²) >= 11 is 5.74. The molecule has 0 bridgehead atoms. The first-order valence-electron chi connectivity index (χ1n) is 5.20. The molecule has 0 aliphatic carbocycles. The van der Waals surface area contributed by atoms with Crippen molar-refractivity contribution in [2.45, 2.75) is 18.9 Å². The Kier molecular flexibility index (Phi) is 5.05. The third-order valence-electron chi connectivity index (χ3n) is 2.62. The van der Waals surface area contributed by atoms with Crippen molar-refractivity contribution in [3.63, 3.8) is 0 Å². The minimum absolute atomic E-state index is 0. The van der Waals surface area contributed by atoms with E-state index in [0.29, 0.717) is 5.69 Å². The van der Waals surface area contributed by atoms with E-state index in [4.69, 9.17) is 11.6 Å². The van der Waals surface area contributed by atoms with Crippen LogP contribution in [-0.2, 0) is 4.79 Å². The molecule has 3 N–H and O–H groups in total. The lowest BCUT2D eigenvalue weighted by atomic mass is 10.2. The van der Waals surface area contributed by atoms with Crippen LogP contribution in [0.3, 0.4) is 0 Å². The molecular formula is C11H14Cl2N2O2. The van der Waals surface area contributed by atoms with E-state index in [1.165, 1.54) is 0 Å². The molecule has 1 aliphatic heterocycles. The molecule has 1 heterocycles. The fourth-order valence-electron chi connectivity index (χ4n) is 1.74. The molecule has 0 radical (unpaired) electrons. The van der Waals surface area contributed by atoms with Crippen molar-refractivity contribution in [3.05, 3.63) is 23.2 Å². The highest BCUT2D eigenvalue weighted by molar-refractivity contribution is 6.32. The smallest absolute Gasteiger partial charge is 0.241 e. The number of para-hydroxylation sites is 1. The van der Waals surface area contributed by atoms with Crippen molar-refractivity contribution in [1.82, 2.24) is 5.32 Å². The van der Waals surface area contributed by atoms with Gasteiger partial charge in [0.25, 0.3) is 0 Å². The van der Waals surface area contributed by atoms with Crippen molar-refractivity contribution < 1.29 is 9.90 Å². The number of carbonyl (C=O) groups is 1. The topological polar surface area (TPSA) is 61.4 Å². The zero-order valence-corrected chi connectivity index (χ0v) is 10.6. The molecule has 1 aromatic carbocycles. The maximum absolute atomic E-state index is 11.8. The number of halogens is 2. The lowest BCUT2D eigenvalue weighted by Gasteiger charge is -2.12. The van der Waals surface area contributed by atoms with Gasteiger partial charge in [-0.15, -0.1) is 12.4 Å². The highest BCUT2D eigenvalue weighted by atomic mass is 35.5. The first-order chi connectivity index (χ1) is 7.68. The van der Waals surface area contributed by atoms with Crippen molar-refractivity contribution >= 4 is 35.6 Å². The molecule has 1 fully saturated rings. The summed E-state index contributed by atoms with van der Waals surface area (Å²) in [6, 6.07) is 4.70. The van der Waals surface area contributed by atoms with Crippen LogP contribution in [0.2, 0.25) is 5.02 Å². The average Bonchev–Trinajstić information content (AvgIpc) is 2.78. The summed E-state index contributed by atoms with van der Waals surface area (Å²) in [5.41, 5.74) is 0.353. The molecule has 17 heavy (non-hydrogen) atoms. The van der Waals surface area contributed by atoms with E-state index in [9.17, 15) is 9.90 Å². The van der Waals surface area contributed by atoms with Crippen LogP contribution in [0.4, 0.5) is 5.69 Å². The predicted octanol–water partition coefficient (Wildman–Crippen LogP) is 2.16. The van der Waals surface area contributed by atoms with Gasteiger partial charge in [0.2, 0.25) is 5.91 Å². The van der Waals surface area contributed by atoms with E-state index in [2.05, 4.69) is 10.6 Å². The van der Waals surface area contributed by atoms with Gasteiger partial charge >= 0.3 is 0 Å². The molecule has 1 atom stereocenters. The largest absolute Gasteiger partial charge is 0.504 e. The number of aromatic hydroxyl groups is 1.